The lowest BCUT2D eigenvalue weighted by molar-refractivity contribution is 0.382. The minimum Gasteiger partial charge on any atom is -0.370 e. The molecule has 0 aliphatic heterocycles. The van der Waals surface area contributed by atoms with E-state index in [0.29, 0.717) is 18.5 Å². The van der Waals surface area contributed by atoms with Crippen LogP contribution < -0.4 is 11.1 Å². The topological polar surface area (TPSA) is 63.3 Å². The Bertz CT molecular complexity index is 378. The minimum absolute atomic E-state index is 0.536. The Morgan fingerprint density at radius 2 is 2.44 bits per heavy atom. The lowest BCUT2D eigenvalue weighted by Crippen LogP contribution is -2.43. The summed E-state index contributed by atoms with van der Waals surface area (Å²) in [4.78, 5) is 8.66. The number of hydrogen-bond donors (Lipinski definition) is 2. The third-order valence-electron chi connectivity index (χ3n) is 2.63. The highest BCUT2D eigenvalue weighted by Gasteiger charge is 2.17. The van der Waals surface area contributed by atoms with Crippen molar-refractivity contribution in [3.8, 4) is 0 Å². The number of nitrogens with two attached hydrogens (primary N) is 1. The van der Waals surface area contributed by atoms with Gasteiger partial charge in [-0.3, -0.25) is 0 Å². The molecule has 0 aromatic carbocycles. The summed E-state index contributed by atoms with van der Waals surface area (Å²) in [6.07, 6.45) is 3.71. The van der Waals surface area contributed by atoms with Gasteiger partial charge < -0.3 is 11.1 Å². The highest BCUT2D eigenvalue weighted by Crippen LogP contribution is 2.24. The number of rotatable bonds is 3. The number of nitrogens with zero attached hydrogens (tertiary/aromatic N) is 2. The highest BCUT2D eigenvalue weighted by atomic mass is 79.9. The van der Waals surface area contributed by atoms with E-state index in [1.165, 1.54) is 19.3 Å². The molecule has 0 atom stereocenters. The van der Waals surface area contributed by atoms with Gasteiger partial charge in [0.1, 0.15) is 5.01 Å². The van der Waals surface area contributed by atoms with E-state index in [0.717, 1.165) is 14.5 Å². The van der Waals surface area contributed by atoms with E-state index < -0.39 is 0 Å². The second-order valence-corrected chi connectivity index (χ2v) is 6.34. The highest BCUT2D eigenvalue weighted by molar-refractivity contribution is 9.11. The van der Waals surface area contributed by atoms with Crippen molar-refractivity contribution in [1.82, 2.24) is 10.3 Å². The van der Waals surface area contributed by atoms with Gasteiger partial charge >= 0.3 is 0 Å². The van der Waals surface area contributed by atoms with Crippen LogP contribution >= 0.6 is 27.3 Å². The molecule has 16 heavy (non-hydrogen) atoms. The van der Waals surface area contributed by atoms with Crippen molar-refractivity contribution < 1.29 is 0 Å². The lowest BCUT2D eigenvalue weighted by atomic mass is 9.93. The molecule has 2 rings (SSSR count). The van der Waals surface area contributed by atoms with Crippen LogP contribution in [-0.4, -0.2) is 17.0 Å². The van der Waals surface area contributed by atoms with E-state index in [2.05, 4.69) is 31.2 Å². The predicted molar refractivity (Wildman–Crippen MR) is 70.7 cm³/mol. The van der Waals surface area contributed by atoms with E-state index in [4.69, 9.17) is 5.73 Å². The number of guanidine groups is 1. The standard InChI is InChI=1S/C10H15BrN4S/c1-6-9(11)16-8(14-6)5-13-10(12)15-7-3-2-4-7/h7H,2-5H2,1H3,(H3,12,13,15). The average molecular weight is 303 g/mol. The van der Waals surface area contributed by atoms with Gasteiger partial charge in [0, 0.05) is 6.04 Å². The van der Waals surface area contributed by atoms with Gasteiger partial charge in [-0.1, -0.05) is 0 Å². The largest absolute Gasteiger partial charge is 0.370 e. The first-order chi connectivity index (χ1) is 7.65. The maximum absolute atomic E-state index is 5.78. The molecule has 0 radical (unpaired) electrons. The van der Waals surface area contributed by atoms with Gasteiger partial charge in [-0.2, -0.15) is 0 Å². The Labute approximate surface area is 107 Å². The van der Waals surface area contributed by atoms with Crippen molar-refractivity contribution in [3.63, 3.8) is 0 Å². The fourth-order valence-electron chi connectivity index (χ4n) is 1.46. The van der Waals surface area contributed by atoms with Crippen molar-refractivity contribution in [3.05, 3.63) is 14.5 Å². The van der Waals surface area contributed by atoms with Crippen LogP contribution in [0.4, 0.5) is 0 Å². The number of aliphatic imine (C=N–C) groups is 1. The van der Waals surface area contributed by atoms with E-state index in [1.807, 2.05) is 6.92 Å². The van der Waals surface area contributed by atoms with E-state index in [9.17, 15) is 0 Å². The zero-order valence-corrected chi connectivity index (χ0v) is 11.6. The summed E-state index contributed by atoms with van der Waals surface area (Å²) >= 11 is 5.05. The third-order valence-corrected chi connectivity index (χ3v) is 4.62. The van der Waals surface area contributed by atoms with Gasteiger partial charge in [0.05, 0.1) is 16.0 Å². The fourth-order valence-corrected chi connectivity index (χ4v) is 2.82. The van der Waals surface area contributed by atoms with Crippen LogP contribution in [0.25, 0.3) is 0 Å². The Morgan fingerprint density at radius 1 is 1.69 bits per heavy atom. The Kier molecular flexibility index (Phi) is 3.81. The zero-order chi connectivity index (χ0) is 11.5. The third kappa shape index (κ3) is 2.95. The van der Waals surface area contributed by atoms with Crippen LogP contribution in [0, 0.1) is 6.92 Å². The molecule has 0 amide bonds. The van der Waals surface area contributed by atoms with Gasteiger partial charge in [-0.05, 0) is 42.1 Å². The average Bonchev–Trinajstić information content (AvgIpc) is 2.50. The van der Waals surface area contributed by atoms with Crippen LogP contribution in [0.3, 0.4) is 0 Å². The number of thiazole rings is 1. The van der Waals surface area contributed by atoms with Crippen LogP contribution in [-0.2, 0) is 6.54 Å². The quantitative estimate of drug-likeness (QED) is 0.664. The van der Waals surface area contributed by atoms with Crippen molar-refractivity contribution >= 4 is 33.2 Å². The minimum atomic E-state index is 0.536. The van der Waals surface area contributed by atoms with Crippen molar-refractivity contribution in [2.75, 3.05) is 0 Å². The van der Waals surface area contributed by atoms with Crippen molar-refractivity contribution in [2.24, 2.45) is 10.7 Å². The number of hydrogen-bond acceptors (Lipinski definition) is 3. The van der Waals surface area contributed by atoms with Crippen molar-refractivity contribution in [1.29, 1.82) is 0 Å². The molecule has 1 saturated carbocycles. The summed E-state index contributed by atoms with van der Waals surface area (Å²) in [5.74, 6) is 0.536. The number of halogens is 1. The molecule has 1 heterocycles. The molecule has 3 N–H and O–H groups in total. The van der Waals surface area contributed by atoms with E-state index in [1.54, 1.807) is 11.3 Å². The normalized spacial score (nSPS) is 17.2. The summed E-state index contributed by atoms with van der Waals surface area (Å²) in [5, 5.41) is 4.19. The van der Waals surface area contributed by atoms with Crippen LogP contribution in [0.1, 0.15) is 30.0 Å². The SMILES string of the molecule is Cc1nc(CN=C(N)NC2CCC2)sc1Br. The Hall–Kier alpha value is -0.620. The summed E-state index contributed by atoms with van der Waals surface area (Å²) in [5.41, 5.74) is 6.80. The molecule has 0 spiro atoms. The van der Waals surface area contributed by atoms with Gasteiger partial charge in [0.25, 0.3) is 0 Å². The van der Waals surface area contributed by atoms with E-state index >= 15 is 0 Å². The van der Waals surface area contributed by atoms with Gasteiger partial charge in [-0.15, -0.1) is 11.3 Å². The van der Waals surface area contributed by atoms with Gasteiger partial charge in [-0.25, -0.2) is 9.98 Å². The zero-order valence-electron chi connectivity index (χ0n) is 9.16. The molecule has 1 aliphatic rings. The molecular formula is C10H15BrN4S. The molecule has 1 aromatic heterocycles. The summed E-state index contributed by atoms with van der Waals surface area (Å²) in [6, 6.07) is 0.536. The summed E-state index contributed by atoms with van der Waals surface area (Å²) in [7, 11) is 0. The summed E-state index contributed by atoms with van der Waals surface area (Å²) < 4.78 is 1.07. The van der Waals surface area contributed by atoms with Crippen LogP contribution in [0.5, 0.6) is 0 Å². The van der Waals surface area contributed by atoms with Crippen LogP contribution in [0.15, 0.2) is 8.78 Å². The molecule has 0 unspecified atom stereocenters. The maximum Gasteiger partial charge on any atom is 0.189 e. The number of aromatic nitrogens is 1. The fraction of sp³-hybridized carbons (Fsp3) is 0.600. The van der Waals surface area contributed by atoms with Crippen LogP contribution in [0.2, 0.25) is 0 Å². The molecule has 6 heteroatoms. The molecule has 1 aromatic rings. The molecule has 1 aliphatic carbocycles. The summed E-state index contributed by atoms with van der Waals surface area (Å²) in [6.45, 7) is 2.53. The van der Waals surface area contributed by atoms with E-state index in [-0.39, 0.29) is 0 Å². The molecule has 0 saturated heterocycles. The second-order valence-electron chi connectivity index (χ2n) is 3.94. The monoisotopic (exact) mass is 302 g/mol. The molecule has 88 valence electrons. The van der Waals surface area contributed by atoms with Gasteiger partial charge in [0.2, 0.25) is 0 Å². The lowest BCUT2D eigenvalue weighted by Gasteiger charge is -2.26. The van der Waals surface area contributed by atoms with Gasteiger partial charge in [0.15, 0.2) is 5.96 Å². The Morgan fingerprint density at radius 3 is 2.94 bits per heavy atom. The maximum atomic E-state index is 5.78. The molecule has 4 nitrogen and oxygen atoms in total. The first kappa shape index (κ1) is 11.9. The smallest absolute Gasteiger partial charge is 0.189 e. The molecule has 0 bridgehead atoms. The van der Waals surface area contributed by atoms with Crippen molar-refractivity contribution in [2.45, 2.75) is 38.8 Å². The molecular weight excluding hydrogens is 288 g/mol. The molecule has 1 fully saturated rings. The number of aryl methyl sites for hydroxylation is 1. The first-order valence-electron chi connectivity index (χ1n) is 5.33. The number of nitrogens with one attached hydrogen (secondary N) is 1. The predicted octanol–water partition coefficient (Wildman–Crippen LogP) is 2.17. The Balaban J connectivity index is 1.86. The first-order valence-corrected chi connectivity index (χ1v) is 6.94. The second kappa shape index (κ2) is 5.14.